The highest BCUT2D eigenvalue weighted by Gasteiger charge is 2.25. The van der Waals surface area contributed by atoms with Gasteiger partial charge in [-0.2, -0.15) is 5.10 Å². The van der Waals surface area contributed by atoms with E-state index < -0.39 is 0 Å². The highest BCUT2D eigenvalue weighted by Crippen LogP contribution is 2.18. The predicted octanol–water partition coefficient (Wildman–Crippen LogP) is 2.84. The monoisotopic (exact) mass is 379 g/mol. The molecule has 3 aromatic rings. The number of piperidine rings is 1. The quantitative estimate of drug-likeness (QED) is 0.678. The highest BCUT2D eigenvalue weighted by atomic mass is 16.6. The average molecular weight is 379 g/mol. The molecule has 28 heavy (non-hydrogen) atoms. The summed E-state index contributed by atoms with van der Waals surface area (Å²) in [4.78, 5) is 13.9. The van der Waals surface area contributed by atoms with Gasteiger partial charge in [0.1, 0.15) is 12.7 Å². The minimum Gasteiger partial charge on any atom is -0.473 e. The SMILES string of the molecule is O=C(OCc1ccccc1)N1CCC(Oc2ccc(-n3cccn3)nn2)CC1. The van der Waals surface area contributed by atoms with Crippen LogP contribution in [0, 0.1) is 0 Å². The number of likely N-dealkylation sites (tertiary alicyclic amines) is 1. The molecule has 144 valence electrons. The van der Waals surface area contributed by atoms with Gasteiger partial charge in [0.2, 0.25) is 5.88 Å². The summed E-state index contributed by atoms with van der Waals surface area (Å²) >= 11 is 0. The highest BCUT2D eigenvalue weighted by molar-refractivity contribution is 5.67. The van der Waals surface area contributed by atoms with E-state index in [1.807, 2.05) is 42.5 Å². The van der Waals surface area contributed by atoms with Gasteiger partial charge in [-0.3, -0.25) is 0 Å². The van der Waals surface area contributed by atoms with Crippen LogP contribution in [0.25, 0.3) is 5.82 Å². The number of benzene rings is 1. The number of aromatic nitrogens is 4. The summed E-state index contributed by atoms with van der Waals surface area (Å²) in [6.45, 7) is 1.47. The summed E-state index contributed by atoms with van der Waals surface area (Å²) in [5.74, 6) is 1.11. The lowest BCUT2D eigenvalue weighted by atomic mass is 10.1. The summed E-state index contributed by atoms with van der Waals surface area (Å²) in [6.07, 6.45) is 4.65. The van der Waals surface area contributed by atoms with Crippen molar-refractivity contribution in [3.05, 3.63) is 66.5 Å². The number of ether oxygens (including phenoxy) is 2. The minimum atomic E-state index is -0.286. The molecule has 0 aliphatic carbocycles. The third kappa shape index (κ3) is 4.46. The van der Waals surface area contributed by atoms with Gasteiger partial charge in [0, 0.05) is 44.4 Å². The Labute approximate surface area is 162 Å². The van der Waals surface area contributed by atoms with Gasteiger partial charge >= 0.3 is 6.09 Å². The average Bonchev–Trinajstić information content (AvgIpc) is 3.29. The van der Waals surface area contributed by atoms with Crippen LogP contribution >= 0.6 is 0 Å². The van der Waals surface area contributed by atoms with E-state index in [0.717, 1.165) is 18.4 Å². The molecular weight excluding hydrogens is 358 g/mol. The third-order valence-corrected chi connectivity index (χ3v) is 4.56. The number of rotatable bonds is 5. The number of hydrogen-bond acceptors (Lipinski definition) is 6. The molecule has 1 aliphatic rings. The topological polar surface area (TPSA) is 82.4 Å². The van der Waals surface area contributed by atoms with Crippen LogP contribution in [0.1, 0.15) is 18.4 Å². The fraction of sp³-hybridized carbons (Fsp3) is 0.300. The fourth-order valence-corrected chi connectivity index (χ4v) is 3.04. The Morgan fingerprint density at radius 1 is 1.04 bits per heavy atom. The second-order valence-electron chi connectivity index (χ2n) is 6.52. The third-order valence-electron chi connectivity index (χ3n) is 4.56. The first-order valence-electron chi connectivity index (χ1n) is 9.24. The van der Waals surface area contributed by atoms with Gasteiger partial charge in [-0.1, -0.05) is 30.3 Å². The Kier molecular flexibility index (Phi) is 5.46. The molecular formula is C20H21N5O3. The normalized spacial score (nSPS) is 14.6. The number of carbonyl (C=O) groups is 1. The summed E-state index contributed by atoms with van der Waals surface area (Å²) in [7, 11) is 0. The van der Waals surface area contributed by atoms with Crippen molar-refractivity contribution in [2.24, 2.45) is 0 Å². The van der Waals surface area contributed by atoms with Gasteiger partial charge in [0.05, 0.1) is 0 Å². The van der Waals surface area contributed by atoms with Crippen LogP contribution in [0.3, 0.4) is 0 Å². The number of carbonyl (C=O) groups excluding carboxylic acids is 1. The molecule has 0 N–H and O–H groups in total. The van der Waals surface area contributed by atoms with Crippen molar-refractivity contribution < 1.29 is 14.3 Å². The first kappa shape index (κ1) is 18.0. The Bertz CT molecular complexity index is 876. The van der Waals surface area contributed by atoms with Crippen molar-refractivity contribution in [3.8, 4) is 11.7 Å². The van der Waals surface area contributed by atoms with Crippen LogP contribution < -0.4 is 4.74 Å². The van der Waals surface area contributed by atoms with Crippen LogP contribution in [0.2, 0.25) is 0 Å². The van der Waals surface area contributed by atoms with E-state index in [4.69, 9.17) is 9.47 Å². The molecule has 8 heteroatoms. The summed E-state index contributed by atoms with van der Waals surface area (Å²) in [5.41, 5.74) is 0.978. The number of hydrogen-bond donors (Lipinski definition) is 0. The Balaban J connectivity index is 1.23. The van der Waals surface area contributed by atoms with Gasteiger partial charge in [-0.15, -0.1) is 10.2 Å². The van der Waals surface area contributed by atoms with Crippen molar-refractivity contribution in [1.29, 1.82) is 0 Å². The molecule has 1 fully saturated rings. The lowest BCUT2D eigenvalue weighted by Crippen LogP contribution is -2.42. The Hall–Kier alpha value is -3.42. The predicted molar refractivity (Wildman–Crippen MR) is 101 cm³/mol. The molecule has 3 heterocycles. The van der Waals surface area contributed by atoms with E-state index in [1.54, 1.807) is 28.0 Å². The zero-order valence-electron chi connectivity index (χ0n) is 15.3. The van der Waals surface area contributed by atoms with E-state index in [9.17, 15) is 4.79 Å². The zero-order chi connectivity index (χ0) is 19.2. The Morgan fingerprint density at radius 3 is 2.54 bits per heavy atom. The second kappa shape index (κ2) is 8.51. The molecule has 0 bridgehead atoms. The van der Waals surface area contributed by atoms with Crippen LogP contribution in [0.5, 0.6) is 5.88 Å². The first-order valence-corrected chi connectivity index (χ1v) is 9.24. The smallest absolute Gasteiger partial charge is 0.410 e. The van der Waals surface area contributed by atoms with Crippen LogP contribution in [-0.2, 0) is 11.3 Å². The van der Waals surface area contributed by atoms with Crippen LogP contribution in [0.4, 0.5) is 4.79 Å². The maximum atomic E-state index is 12.2. The van der Waals surface area contributed by atoms with Crippen molar-refractivity contribution in [2.45, 2.75) is 25.6 Å². The van der Waals surface area contributed by atoms with Gasteiger partial charge in [-0.05, 0) is 17.7 Å². The van der Waals surface area contributed by atoms with E-state index >= 15 is 0 Å². The van der Waals surface area contributed by atoms with Crippen LogP contribution in [0.15, 0.2) is 60.9 Å². The Morgan fingerprint density at radius 2 is 1.86 bits per heavy atom. The summed E-state index contributed by atoms with van der Waals surface area (Å²) in [5, 5.41) is 12.3. The minimum absolute atomic E-state index is 0.00280. The zero-order valence-corrected chi connectivity index (χ0v) is 15.3. The molecule has 0 atom stereocenters. The van der Waals surface area contributed by atoms with Crippen molar-refractivity contribution in [3.63, 3.8) is 0 Å². The van der Waals surface area contributed by atoms with E-state index in [0.29, 0.717) is 24.8 Å². The summed E-state index contributed by atoms with van der Waals surface area (Å²) < 4.78 is 12.9. The molecule has 2 aromatic heterocycles. The van der Waals surface area contributed by atoms with E-state index in [2.05, 4.69) is 15.3 Å². The fourth-order valence-electron chi connectivity index (χ4n) is 3.04. The number of nitrogens with zero attached hydrogens (tertiary/aromatic N) is 5. The summed E-state index contributed by atoms with van der Waals surface area (Å²) in [6, 6.07) is 15.1. The van der Waals surface area contributed by atoms with Crippen molar-refractivity contribution in [2.75, 3.05) is 13.1 Å². The lowest BCUT2D eigenvalue weighted by Gasteiger charge is -2.31. The first-order chi connectivity index (χ1) is 13.8. The molecule has 0 spiro atoms. The lowest BCUT2D eigenvalue weighted by molar-refractivity contribution is 0.0622. The molecule has 1 amide bonds. The van der Waals surface area contributed by atoms with Gasteiger partial charge < -0.3 is 14.4 Å². The standard InChI is InChI=1S/C20H21N5O3/c26-20(27-15-16-5-2-1-3-6-16)24-13-9-17(10-14-24)28-19-8-7-18(22-23-19)25-12-4-11-21-25/h1-8,11-12,17H,9-10,13-15H2. The van der Waals surface area contributed by atoms with E-state index in [-0.39, 0.29) is 18.8 Å². The van der Waals surface area contributed by atoms with Gasteiger partial charge in [0.15, 0.2) is 5.82 Å². The molecule has 1 aliphatic heterocycles. The molecule has 0 saturated carbocycles. The maximum Gasteiger partial charge on any atom is 0.410 e. The van der Waals surface area contributed by atoms with Gasteiger partial charge in [-0.25, -0.2) is 9.48 Å². The second-order valence-corrected chi connectivity index (χ2v) is 6.52. The molecule has 8 nitrogen and oxygen atoms in total. The molecule has 4 rings (SSSR count). The number of amides is 1. The van der Waals surface area contributed by atoms with E-state index in [1.165, 1.54) is 0 Å². The molecule has 1 aromatic carbocycles. The van der Waals surface area contributed by atoms with Crippen molar-refractivity contribution >= 4 is 6.09 Å². The van der Waals surface area contributed by atoms with Crippen LogP contribution in [-0.4, -0.2) is 50.2 Å². The molecule has 0 radical (unpaired) electrons. The van der Waals surface area contributed by atoms with Crippen molar-refractivity contribution in [1.82, 2.24) is 24.9 Å². The largest absolute Gasteiger partial charge is 0.473 e. The van der Waals surface area contributed by atoms with Gasteiger partial charge in [0.25, 0.3) is 0 Å². The molecule has 1 saturated heterocycles. The molecule has 0 unspecified atom stereocenters. The maximum absolute atomic E-state index is 12.2.